The second-order valence-electron chi connectivity index (χ2n) is 5.93. The van der Waals surface area contributed by atoms with Crippen molar-refractivity contribution in [1.29, 1.82) is 5.41 Å². The van der Waals surface area contributed by atoms with Crippen LogP contribution in [0.25, 0.3) is 0 Å². The van der Waals surface area contributed by atoms with Crippen LogP contribution in [0.3, 0.4) is 0 Å². The van der Waals surface area contributed by atoms with Crippen molar-refractivity contribution < 1.29 is 19.1 Å². The second-order valence-corrected chi connectivity index (χ2v) is 5.93. The third-order valence-corrected chi connectivity index (χ3v) is 2.86. The molecule has 0 bridgehead atoms. The number of rotatable bonds is 10. The maximum absolute atomic E-state index is 12.0. The van der Waals surface area contributed by atoms with Gasteiger partial charge < -0.3 is 21.2 Å². The number of ether oxygens (including phenoxy) is 1. The number of esters is 1. The van der Waals surface area contributed by atoms with Crippen LogP contribution in [0.1, 0.15) is 47.0 Å². The van der Waals surface area contributed by atoms with E-state index < -0.39 is 29.7 Å². The van der Waals surface area contributed by atoms with Crippen LogP contribution in [0.15, 0.2) is 0 Å². The first-order chi connectivity index (χ1) is 10.2. The van der Waals surface area contributed by atoms with E-state index in [1.165, 1.54) is 0 Å². The zero-order chi connectivity index (χ0) is 17.3. The van der Waals surface area contributed by atoms with Gasteiger partial charge in [0.2, 0.25) is 5.91 Å². The molecule has 0 radical (unpaired) electrons. The van der Waals surface area contributed by atoms with Gasteiger partial charge in [0.25, 0.3) is 0 Å². The number of ketones is 1. The van der Waals surface area contributed by atoms with E-state index in [9.17, 15) is 14.4 Å². The Morgan fingerprint density at radius 3 is 2.27 bits per heavy atom. The van der Waals surface area contributed by atoms with Gasteiger partial charge in [-0.15, -0.1) is 0 Å². The molecule has 1 amide bonds. The number of nitrogens with two attached hydrogens (primary N) is 1. The number of carbonyl (C=O) groups excluding carboxylic acids is 3. The summed E-state index contributed by atoms with van der Waals surface area (Å²) in [6, 6.07) is -1.65. The fourth-order valence-electron chi connectivity index (χ4n) is 1.82. The lowest BCUT2D eigenvalue weighted by atomic mass is 10.0. The summed E-state index contributed by atoms with van der Waals surface area (Å²) in [5.74, 6) is -1.20. The maximum atomic E-state index is 12.0. The third-order valence-electron chi connectivity index (χ3n) is 2.86. The zero-order valence-corrected chi connectivity index (χ0v) is 13.7. The molecule has 126 valence electrons. The zero-order valence-electron chi connectivity index (χ0n) is 13.7. The van der Waals surface area contributed by atoms with Gasteiger partial charge in [-0.05, 0) is 32.6 Å². The fraction of sp³-hybridized carbons (Fsp3) is 0.733. The quantitative estimate of drug-likeness (QED) is 0.406. The smallest absolute Gasteiger partial charge is 0.328 e. The summed E-state index contributed by atoms with van der Waals surface area (Å²) < 4.78 is 5.08. The molecule has 7 nitrogen and oxygen atoms in total. The molecule has 0 aromatic rings. The van der Waals surface area contributed by atoms with E-state index in [-0.39, 0.29) is 24.9 Å². The van der Waals surface area contributed by atoms with Crippen molar-refractivity contribution in [3.63, 3.8) is 0 Å². The Labute approximate surface area is 131 Å². The predicted molar refractivity (Wildman–Crippen MR) is 83.6 cm³/mol. The van der Waals surface area contributed by atoms with E-state index in [1.807, 2.05) is 13.8 Å². The summed E-state index contributed by atoms with van der Waals surface area (Å²) in [7, 11) is 0. The van der Waals surface area contributed by atoms with Crippen LogP contribution in [0.5, 0.6) is 0 Å². The van der Waals surface area contributed by atoms with Crippen LogP contribution < -0.4 is 11.1 Å². The van der Waals surface area contributed by atoms with Gasteiger partial charge in [-0.25, -0.2) is 4.79 Å². The highest BCUT2D eigenvalue weighted by atomic mass is 16.5. The molecule has 0 aliphatic rings. The van der Waals surface area contributed by atoms with Crippen LogP contribution in [-0.2, 0) is 19.1 Å². The first-order valence-corrected chi connectivity index (χ1v) is 7.47. The van der Waals surface area contributed by atoms with E-state index in [1.54, 1.807) is 13.8 Å². The molecular weight excluding hydrogens is 286 g/mol. The van der Waals surface area contributed by atoms with E-state index in [0.29, 0.717) is 12.6 Å². The molecule has 2 atom stereocenters. The van der Waals surface area contributed by atoms with Gasteiger partial charge in [-0.2, -0.15) is 0 Å². The molecule has 0 rings (SSSR count). The van der Waals surface area contributed by atoms with E-state index in [4.69, 9.17) is 15.9 Å². The largest absolute Gasteiger partial charge is 0.461 e. The van der Waals surface area contributed by atoms with Crippen molar-refractivity contribution in [1.82, 2.24) is 5.32 Å². The molecule has 0 saturated carbocycles. The van der Waals surface area contributed by atoms with E-state index in [2.05, 4.69) is 5.32 Å². The molecule has 4 N–H and O–H groups in total. The molecule has 0 aromatic heterocycles. The summed E-state index contributed by atoms with van der Waals surface area (Å²) in [5, 5.41) is 9.40. The Balaban J connectivity index is 4.76. The Bertz CT molecular complexity index is 408. The Morgan fingerprint density at radius 1 is 1.23 bits per heavy atom. The highest BCUT2D eigenvalue weighted by Crippen LogP contribution is 2.06. The number of nitrogens with one attached hydrogen (secondary N) is 2. The van der Waals surface area contributed by atoms with Crippen LogP contribution in [0.2, 0.25) is 0 Å². The highest BCUT2D eigenvalue weighted by Gasteiger charge is 2.26. The van der Waals surface area contributed by atoms with Gasteiger partial charge in [0.1, 0.15) is 6.04 Å². The van der Waals surface area contributed by atoms with Crippen molar-refractivity contribution in [2.75, 3.05) is 0 Å². The Hall–Kier alpha value is -1.76. The maximum Gasteiger partial charge on any atom is 0.328 e. The minimum atomic E-state index is -0.933. The highest BCUT2D eigenvalue weighted by molar-refractivity contribution is 6.26. The van der Waals surface area contributed by atoms with Gasteiger partial charge in [-0.3, -0.25) is 9.59 Å². The molecular formula is C15H27N3O4. The van der Waals surface area contributed by atoms with Gasteiger partial charge in [0.15, 0.2) is 5.78 Å². The Morgan fingerprint density at radius 2 is 1.82 bits per heavy atom. The monoisotopic (exact) mass is 313 g/mol. The Kier molecular flexibility index (Phi) is 9.24. The number of hydrogen-bond donors (Lipinski definition) is 3. The summed E-state index contributed by atoms with van der Waals surface area (Å²) in [6.45, 7) is 7.29. The van der Waals surface area contributed by atoms with Crippen molar-refractivity contribution in [2.24, 2.45) is 11.7 Å². The SMILES string of the molecule is CC(C)C[C@H](N)C(=O)N[C@@H](CCC(=O)C=N)C(=O)OC(C)C. The predicted octanol–water partition coefficient (Wildman–Crippen LogP) is 0.795. The lowest BCUT2D eigenvalue weighted by Gasteiger charge is -2.21. The number of Topliss-reactive ketones (excluding diaryl/α,β-unsaturated/α-hetero) is 1. The molecule has 0 aromatic carbocycles. The lowest BCUT2D eigenvalue weighted by molar-refractivity contribution is -0.151. The van der Waals surface area contributed by atoms with E-state index >= 15 is 0 Å². The summed E-state index contributed by atoms with van der Waals surface area (Å²) in [5.41, 5.74) is 5.78. The van der Waals surface area contributed by atoms with Crippen molar-refractivity contribution in [3.05, 3.63) is 0 Å². The lowest BCUT2D eigenvalue weighted by Crippen LogP contribution is -2.49. The van der Waals surface area contributed by atoms with Crippen LogP contribution in [-0.4, -0.2) is 42.1 Å². The summed E-state index contributed by atoms with van der Waals surface area (Å²) >= 11 is 0. The topological polar surface area (TPSA) is 122 Å². The first-order valence-electron chi connectivity index (χ1n) is 7.47. The second kappa shape index (κ2) is 10.0. The third kappa shape index (κ3) is 8.51. The molecule has 22 heavy (non-hydrogen) atoms. The minimum Gasteiger partial charge on any atom is -0.461 e. The van der Waals surface area contributed by atoms with Crippen molar-refractivity contribution in [3.8, 4) is 0 Å². The fourth-order valence-corrected chi connectivity index (χ4v) is 1.82. The average Bonchev–Trinajstić information content (AvgIpc) is 2.40. The molecule has 0 spiro atoms. The normalized spacial score (nSPS) is 13.6. The molecule has 0 heterocycles. The molecule has 0 unspecified atom stereocenters. The van der Waals surface area contributed by atoms with Gasteiger partial charge in [-0.1, -0.05) is 13.8 Å². The van der Waals surface area contributed by atoms with Crippen molar-refractivity contribution >= 4 is 23.9 Å². The minimum absolute atomic E-state index is 0.0128. The molecule has 0 saturated heterocycles. The summed E-state index contributed by atoms with van der Waals surface area (Å²) in [6.07, 6.45) is 0.935. The molecule has 0 aliphatic carbocycles. The van der Waals surface area contributed by atoms with Gasteiger partial charge >= 0.3 is 5.97 Å². The van der Waals surface area contributed by atoms with Crippen LogP contribution >= 0.6 is 0 Å². The van der Waals surface area contributed by atoms with Gasteiger partial charge in [0, 0.05) is 6.42 Å². The molecule has 0 aliphatic heterocycles. The van der Waals surface area contributed by atoms with E-state index in [0.717, 1.165) is 0 Å². The molecule has 0 fully saturated rings. The molecule has 7 heteroatoms. The standard InChI is InChI=1S/C15H27N3O4/c1-9(2)7-12(17)14(20)18-13(6-5-11(19)8-16)15(21)22-10(3)4/h8-10,12-13,16H,5-7,17H2,1-4H3,(H,18,20)/t12-,13-/m0/s1. The number of hydrogen-bond acceptors (Lipinski definition) is 6. The van der Waals surface area contributed by atoms with Gasteiger partial charge in [0.05, 0.1) is 18.4 Å². The average molecular weight is 313 g/mol. The van der Waals surface area contributed by atoms with Crippen molar-refractivity contribution in [2.45, 2.75) is 65.1 Å². The van der Waals surface area contributed by atoms with Crippen LogP contribution in [0, 0.1) is 11.3 Å². The number of carbonyl (C=O) groups is 3. The summed E-state index contributed by atoms with van der Waals surface area (Å²) in [4.78, 5) is 35.2. The number of amides is 1. The van der Waals surface area contributed by atoms with Crippen LogP contribution in [0.4, 0.5) is 0 Å². The first kappa shape index (κ1) is 20.2.